The van der Waals surface area contributed by atoms with Crippen LogP contribution in [0.2, 0.25) is 0 Å². The van der Waals surface area contributed by atoms with Crippen LogP contribution in [0.1, 0.15) is 0 Å². The van der Waals surface area contributed by atoms with Crippen molar-refractivity contribution in [3.05, 3.63) is 0 Å². The van der Waals surface area contributed by atoms with Crippen LogP contribution in [-0.2, 0) is 4.79 Å². The maximum absolute atomic E-state index is 11.5. The van der Waals surface area contributed by atoms with Crippen molar-refractivity contribution in [2.75, 3.05) is 39.8 Å². The van der Waals surface area contributed by atoms with E-state index >= 15 is 0 Å². The summed E-state index contributed by atoms with van der Waals surface area (Å²) in [5.41, 5.74) is 0. The summed E-state index contributed by atoms with van der Waals surface area (Å²) in [5.74, 6) is -0.0104. The van der Waals surface area contributed by atoms with E-state index in [0.29, 0.717) is 13.1 Å². The number of aliphatic hydroxyl groups excluding tert-OH is 1. The van der Waals surface area contributed by atoms with Crippen LogP contribution in [0.15, 0.2) is 0 Å². The second kappa shape index (κ2) is 5.16. The number of rotatable bonds is 3. The van der Waals surface area contributed by atoms with Crippen LogP contribution in [-0.4, -0.2) is 61.8 Å². The van der Waals surface area contributed by atoms with Crippen molar-refractivity contribution >= 4 is 5.91 Å². The first-order chi connectivity index (χ1) is 6.25. The van der Waals surface area contributed by atoms with Crippen molar-refractivity contribution in [2.24, 2.45) is 0 Å². The van der Waals surface area contributed by atoms with E-state index in [1.807, 2.05) is 11.9 Å². The molecule has 76 valence electrons. The van der Waals surface area contributed by atoms with Gasteiger partial charge in [0.1, 0.15) is 6.04 Å². The monoisotopic (exact) mass is 187 g/mol. The Morgan fingerprint density at radius 2 is 2.54 bits per heavy atom. The minimum Gasteiger partial charge on any atom is -0.395 e. The van der Waals surface area contributed by atoms with E-state index in [0.717, 1.165) is 13.1 Å². The molecule has 0 aromatic rings. The molecule has 0 aliphatic carbocycles. The van der Waals surface area contributed by atoms with Crippen molar-refractivity contribution < 1.29 is 9.90 Å². The number of carbonyl (C=O) groups excluding carboxylic acids is 1. The van der Waals surface area contributed by atoms with Crippen LogP contribution in [0.3, 0.4) is 0 Å². The molecule has 5 nitrogen and oxygen atoms in total. The molecule has 1 aliphatic rings. The van der Waals surface area contributed by atoms with Crippen LogP contribution in [0, 0.1) is 0 Å². The topological polar surface area (TPSA) is 64.6 Å². The molecule has 1 aliphatic heterocycles. The molecular formula is C8H17N3O2. The van der Waals surface area contributed by atoms with Gasteiger partial charge < -0.3 is 15.7 Å². The molecule has 0 radical (unpaired) electrons. The summed E-state index contributed by atoms with van der Waals surface area (Å²) in [6.07, 6.45) is 0. The fraction of sp³-hybridized carbons (Fsp3) is 0.875. The summed E-state index contributed by atoms with van der Waals surface area (Å²) in [6.45, 7) is 2.84. The van der Waals surface area contributed by atoms with Gasteiger partial charge in [0, 0.05) is 26.2 Å². The number of amides is 1. The number of hydrogen-bond donors (Lipinski definition) is 3. The van der Waals surface area contributed by atoms with Crippen LogP contribution < -0.4 is 10.6 Å². The molecule has 1 heterocycles. The Morgan fingerprint density at radius 3 is 3.15 bits per heavy atom. The third-order valence-electron chi connectivity index (χ3n) is 2.22. The Balaban J connectivity index is 2.35. The first kappa shape index (κ1) is 10.4. The Hall–Kier alpha value is -0.650. The number of aliphatic hydroxyl groups is 1. The molecular weight excluding hydrogens is 170 g/mol. The smallest absolute Gasteiger partial charge is 0.238 e. The summed E-state index contributed by atoms with van der Waals surface area (Å²) in [4.78, 5) is 13.5. The van der Waals surface area contributed by atoms with Gasteiger partial charge in [0.15, 0.2) is 0 Å². The van der Waals surface area contributed by atoms with Crippen molar-refractivity contribution in [1.82, 2.24) is 15.5 Å². The average molecular weight is 187 g/mol. The van der Waals surface area contributed by atoms with Gasteiger partial charge in [-0.2, -0.15) is 0 Å². The quantitative estimate of drug-likeness (QED) is 0.478. The molecule has 0 bridgehead atoms. The molecule has 13 heavy (non-hydrogen) atoms. The highest BCUT2D eigenvalue weighted by Crippen LogP contribution is 1.98. The van der Waals surface area contributed by atoms with E-state index in [4.69, 9.17) is 5.11 Å². The van der Waals surface area contributed by atoms with Gasteiger partial charge in [-0.25, -0.2) is 0 Å². The van der Waals surface area contributed by atoms with Crippen LogP contribution in [0.25, 0.3) is 0 Å². The van der Waals surface area contributed by atoms with E-state index in [1.54, 1.807) is 0 Å². The fourth-order valence-electron chi connectivity index (χ4n) is 1.40. The van der Waals surface area contributed by atoms with Gasteiger partial charge in [0.25, 0.3) is 0 Å². The lowest BCUT2D eigenvalue weighted by Crippen LogP contribution is -2.56. The molecule has 5 heteroatoms. The van der Waals surface area contributed by atoms with E-state index in [1.165, 1.54) is 0 Å². The summed E-state index contributed by atoms with van der Waals surface area (Å²) in [5, 5.41) is 14.4. The molecule has 0 spiro atoms. The largest absolute Gasteiger partial charge is 0.395 e. The molecule has 1 unspecified atom stereocenters. The molecule has 1 amide bonds. The van der Waals surface area contributed by atoms with E-state index in [9.17, 15) is 4.79 Å². The second-order valence-corrected chi connectivity index (χ2v) is 3.22. The highest BCUT2D eigenvalue weighted by Gasteiger charge is 2.24. The lowest BCUT2D eigenvalue weighted by Gasteiger charge is -2.31. The van der Waals surface area contributed by atoms with Crippen LogP contribution in [0.5, 0.6) is 0 Å². The SMILES string of the molecule is CN1CCNCC1C(=O)NCCO. The molecule has 0 aromatic carbocycles. The summed E-state index contributed by atoms with van der Waals surface area (Å²) in [7, 11) is 1.93. The van der Waals surface area contributed by atoms with E-state index in [2.05, 4.69) is 10.6 Å². The number of nitrogens with zero attached hydrogens (tertiary/aromatic N) is 1. The summed E-state index contributed by atoms with van der Waals surface area (Å²) < 4.78 is 0. The predicted octanol–water partition coefficient (Wildman–Crippen LogP) is -2.00. The van der Waals surface area contributed by atoms with Gasteiger partial charge in [-0.05, 0) is 7.05 Å². The second-order valence-electron chi connectivity index (χ2n) is 3.22. The maximum atomic E-state index is 11.5. The van der Waals surface area contributed by atoms with E-state index < -0.39 is 0 Å². The third-order valence-corrected chi connectivity index (χ3v) is 2.22. The lowest BCUT2D eigenvalue weighted by atomic mass is 10.2. The number of piperazine rings is 1. The van der Waals surface area contributed by atoms with E-state index in [-0.39, 0.29) is 18.6 Å². The van der Waals surface area contributed by atoms with Crippen LogP contribution in [0.4, 0.5) is 0 Å². The van der Waals surface area contributed by atoms with Gasteiger partial charge >= 0.3 is 0 Å². The van der Waals surface area contributed by atoms with Crippen molar-refractivity contribution in [1.29, 1.82) is 0 Å². The zero-order valence-corrected chi connectivity index (χ0v) is 7.92. The van der Waals surface area contributed by atoms with Crippen LogP contribution >= 0.6 is 0 Å². The molecule has 1 fully saturated rings. The number of likely N-dealkylation sites (N-methyl/N-ethyl adjacent to an activating group) is 1. The number of hydrogen-bond acceptors (Lipinski definition) is 4. The zero-order chi connectivity index (χ0) is 9.68. The van der Waals surface area contributed by atoms with Gasteiger partial charge in [0.2, 0.25) is 5.91 Å². The first-order valence-electron chi connectivity index (χ1n) is 4.55. The Morgan fingerprint density at radius 1 is 1.77 bits per heavy atom. The number of nitrogens with one attached hydrogen (secondary N) is 2. The molecule has 0 saturated carbocycles. The Bertz CT molecular complexity index is 175. The third kappa shape index (κ3) is 2.95. The Kier molecular flexibility index (Phi) is 4.14. The molecule has 3 N–H and O–H groups in total. The van der Waals surface area contributed by atoms with Gasteiger partial charge in [-0.3, -0.25) is 9.69 Å². The summed E-state index contributed by atoms with van der Waals surface area (Å²) in [6, 6.07) is -0.0969. The highest BCUT2D eigenvalue weighted by atomic mass is 16.3. The molecule has 1 atom stereocenters. The van der Waals surface area contributed by atoms with Gasteiger partial charge in [-0.1, -0.05) is 0 Å². The first-order valence-corrected chi connectivity index (χ1v) is 4.55. The molecule has 1 rings (SSSR count). The average Bonchev–Trinajstić information content (AvgIpc) is 2.15. The lowest BCUT2D eigenvalue weighted by molar-refractivity contribution is -0.126. The van der Waals surface area contributed by atoms with Crippen molar-refractivity contribution in [2.45, 2.75) is 6.04 Å². The molecule has 1 saturated heterocycles. The fourth-order valence-corrected chi connectivity index (χ4v) is 1.40. The Labute approximate surface area is 78.1 Å². The van der Waals surface area contributed by atoms with Crippen molar-refractivity contribution in [3.8, 4) is 0 Å². The standard InChI is InChI=1S/C8H17N3O2/c1-11-4-2-9-6-7(11)8(13)10-3-5-12/h7,9,12H,2-6H2,1H3,(H,10,13). The van der Waals surface area contributed by atoms with Gasteiger partial charge in [0.05, 0.1) is 6.61 Å². The van der Waals surface area contributed by atoms with Crippen molar-refractivity contribution in [3.63, 3.8) is 0 Å². The molecule has 0 aromatic heterocycles. The normalized spacial score (nSPS) is 24.3. The highest BCUT2D eigenvalue weighted by molar-refractivity contribution is 5.82. The zero-order valence-electron chi connectivity index (χ0n) is 7.92. The summed E-state index contributed by atoms with van der Waals surface area (Å²) >= 11 is 0. The maximum Gasteiger partial charge on any atom is 0.238 e. The minimum atomic E-state index is -0.0969. The van der Waals surface area contributed by atoms with Gasteiger partial charge in [-0.15, -0.1) is 0 Å². The minimum absolute atomic E-state index is 0.00436. The predicted molar refractivity (Wildman–Crippen MR) is 49.4 cm³/mol. The number of carbonyl (C=O) groups is 1.